The van der Waals surface area contributed by atoms with Gasteiger partial charge >= 0.3 is 0 Å². The SMILES string of the molecule is CCCNCc1cc(COCCCN(C)C)on1. The van der Waals surface area contributed by atoms with Gasteiger partial charge in [-0.15, -0.1) is 0 Å². The lowest BCUT2D eigenvalue weighted by molar-refractivity contribution is 0.0948. The molecule has 18 heavy (non-hydrogen) atoms. The van der Waals surface area contributed by atoms with Crippen LogP contribution in [0.3, 0.4) is 0 Å². The lowest BCUT2D eigenvalue weighted by Gasteiger charge is -2.08. The Kier molecular flexibility index (Phi) is 7.64. The average molecular weight is 255 g/mol. The molecule has 104 valence electrons. The monoisotopic (exact) mass is 255 g/mol. The molecule has 0 unspecified atom stereocenters. The van der Waals surface area contributed by atoms with Gasteiger partial charge in [0.15, 0.2) is 5.76 Å². The van der Waals surface area contributed by atoms with Crippen LogP contribution in [-0.4, -0.2) is 43.8 Å². The van der Waals surface area contributed by atoms with Crippen molar-refractivity contribution in [2.75, 3.05) is 33.8 Å². The van der Waals surface area contributed by atoms with E-state index in [2.05, 4.69) is 36.4 Å². The summed E-state index contributed by atoms with van der Waals surface area (Å²) in [7, 11) is 4.12. The van der Waals surface area contributed by atoms with Crippen LogP contribution in [0.2, 0.25) is 0 Å². The summed E-state index contributed by atoms with van der Waals surface area (Å²) < 4.78 is 10.7. The van der Waals surface area contributed by atoms with E-state index in [4.69, 9.17) is 9.26 Å². The van der Waals surface area contributed by atoms with Gasteiger partial charge in [0.2, 0.25) is 0 Å². The van der Waals surface area contributed by atoms with E-state index in [0.29, 0.717) is 6.61 Å². The first-order valence-corrected chi connectivity index (χ1v) is 6.60. The highest BCUT2D eigenvalue weighted by molar-refractivity contribution is 5.04. The van der Waals surface area contributed by atoms with Crippen LogP contribution >= 0.6 is 0 Å². The number of hydrogen-bond donors (Lipinski definition) is 1. The summed E-state index contributed by atoms with van der Waals surface area (Å²) in [6, 6.07) is 1.95. The van der Waals surface area contributed by atoms with E-state index < -0.39 is 0 Å². The van der Waals surface area contributed by atoms with Crippen LogP contribution in [0.25, 0.3) is 0 Å². The fourth-order valence-corrected chi connectivity index (χ4v) is 1.56. The van der Waals surface area contributed by atoms with Gasteiger partial charge in [-0.1, -0.05) is 12.1 Å². The first kappa shape index (κ1) is 15.1. The van der Waals surface area contributed by atoms with Crippen LogP contribution in [0.15, 0.2) is 10.6 Å². The predicted molar refractivity (Wildman–Crippen MR) is 71.3 cm³/mol. The molecule has 1 N–H and O–H groups in total. The van der Waals surface area contributed by atoms with E-state index in [1.54, 1.807) is 0 Å². The van der Waals surface area contributed by atoms with Crippen molar-refractivity contribution in [1.82, 2.24) is 15.4 Å². The predicted octanol–water partition coefficient (Wildman–Crippen LogP) is 1.64. The Hall–Kier alpha value is -0.910. The zero-order valence-electron chi connectivity index (χ0n) is 11.7. The van der Waals surface area contributed by atoms with Crippen molar-refractivity contribution >= 4 is 0 Å². The smallest absolute Gasteiger partial charge is 0.162 e. The van der Waals surface area contributed by atoms with Gasteiger partial charge in [-0.05, 0) is 40.0 Å². The molecule has 0 aliphatic heterocycles. The Bertz CT molecular complexity index is 313. The summed E-state index contributed by atoms with van der Waals surface area (Å²) in [6.45, 7) is 6.21. The third kappa shape index (κ3) is 6.74. The van der Waals surface area contributed by atoms with Crippen LogP contribution in [0.5, 0.6) is 0 Å². The molecule has 0 aliphatic rings. The fraction of sp³-hybridized carbons (Fsp3) is 0.769. The van der Waals surface area contributed by atoms with Crippen LogP contribution < -0.4 is 5.32 Å². The lowest BCUT2D eigenvalue weighted by Crippen LogP contribution is -2.14. The van der Waals surface area contributed by atoms with Gasteiger partial charge in [0.05, 0.1) is 5.69 Å². The Balaban J connectivity index is 2.11. The molecule has 5 nitrogen and oxygen atoms in total. The van der Waals surface area contributed by atoms with E-state index in [1.165, 1.54) is 0 Å². The van der Waals surface area contributed by atoms with E-state index >= 15 is 0 Å². The lowest BCUT2D eigenvalue weighted by atomic mass is 10.3. The quantitative estimate of drug-likeness (QED) is 0.644. The highest BCUT2D eigenvalue weighted by atomic mass is 16.5. The summed E-state index contributed by atoms with van der Waals surface area (Å²) in [5, 5.41) is 7.27. The van der Waals surface area contributed by atoms with Crippen molar-refractivity contribution in [3.05, 3.63) is 17.5 Å². The largest absolute Gasteiger partial charge is 0.373 e. The van der Waals surface area contributed by atoms with E-state index in [9.17, 15) is 0 Å². The highest BCUT2D eigenvalue weighted by Crippen LogP contribution is 2.05. The molecule has 0 saturated heterocycles. The van der Waals surface area contributed by atoms with Gasteiger partial charge in [0.25, 0.3) is 0 Å². The van der Waals surface area contributed by atoms with Crippen molar-refractivity contribution in [3.8, 4) is 0 Å². The maximum atomic E-state index is 5.53. The zero-order valence-corrected chi connectivity index (χ0v) is 11.7. The zero-order chi connectivity index (χ0) is 13.2. The molecule has 1 aromatic rings. The van der Waals surface area contributed by atoms with Crippen molar-refractivity contribution < 1.29 is 9.26 Å². The molecule has 0 fully saturated rings. The molecule has 0 saturated carbocycles. The van der Waals surface area contributed by atoms with E-state index in [0.717, 1.165) is 50.5 Å². The third-order valence-corrected chi connectivity index (χ3v) is 2.48. The first-order chi connectivity index (χ1) is 8.72. The average Bonchev–Trinajstić information content (AvgIpc) is 2.77. The van der Waals surface area contributed by atoms with Gasteiger partial charge in [-0.25, -0.2) is 0 Å². The molecule has 0 spiro atoms. The Morgan fingerprint density at radius 1 is 1.44 bits per heavy atom. The topological polar surface area (TPSA) is 50.5 Å². The summed E-state index contributed by atoms with van der Waals surface area (Å²) in [4.78, 5) is 2.15. The van der Waals surface area contributed by atoms with Crippen molar-refractivity contribution in [3.63, 3.8) is 0 Å². The summed E-state index contributed by atoms with van der Waals surface area (Å²) in [6.07, 6.45) is 2.16. The molecule has 0 amide bonds. The van der Waals surface area contributed by atoms with Crippen molar-refractivity contribution in [2.45, 2.75) is 32.9 Å². The third-order valence-electron chi connectivity index (χ3n) is 2.48. The number of nitrogens with one attached hydrogen (secondary N) is 1. The molecule has 1 aromatic heterocycles. The second kappa shape index (κ2) is 9.08. The minimum absolute atomic E-state index is 0.508. The number of aromatic nitrogens is 1. The first-order valence-electron chi connectivity index (χ1n) is 6.60. The molecule has 1 rings (SSSR count). The van der Waals surface area contributed by atoms with Gasteiger partial charge < -0.3 is 19.5 Å². The molecule has 0 bridgehead atoms. The second-order valence-corrected chi connectivity index (χ2v) is 4.67. The van der Waals surface area contributed by atoms with Gasteiger partial charge in [-0.2, -0.15) is 0 Å². The fourth-order valence-electron chi connectivity index (χ4n) is 1.56. The highest BCUT2D eigenvalue weighted by Gasteiger charge is 2.03. The molecule has 0 aliphatic carbocycles. The molecule has 1 heterocycles. The Labute approximate surface area is 109 Å². The molecule has 0 atom stereocenters. The minimum atomic E-state index is 0.508. The maximum Gasteiger partial charge on any atom is 0.162 e. The second-order valence-electron chi connectivity index (χ2n) is 4.67. The van der Waals surface area contributed by atoms with Gasteiger partial charge in [-0.3, -0.25) is 0 Å². The standard InChI is InChI=1S/C13H25N3O2/c1-4-6-14-10-12-9-13(18-15-12)11-17-8-5-7-16(2)3/h9,14H,4-8,10-11H2,1-3H3. The number of ether oxygens (including phenoxy) is 1. The summed E-state index contributed by atoms with van der Waals surface area (Å²) >= 11 is 0. The number of rotatable bonds is 10. The Morgan fingerprint density at radius 2 is 2.28 bits per heavy atom. The molecule has 5 heteroatoms. The van der Waals surface area contributed by atoms with E-state index in [-0.39, 0.29) is 0 Å². The van der Waals surface area contributed by atoms with Crippen LogP contribution in [0.4, 0.5) is 0 Å². The maximum absolute atomic E-state index is 5.53. The number of hydrogen-bond acceptors (Lipinski definition) is 5. The van der Waals surface area contributed by atoms with Gasteiger partial charge in [0.1, 0.15) is 6.61 Å². The van der Waals surface area contributed by atoms with Crippen molar-refractivity contribution in [1.29, 1.82) is 0 Å². The normalized spacial score (nSPS) is 11.3. The van der Waals surface area contributed by atoms with Crippen LogP contribution in [0.1, 0.15) is 31.2 Å². The van der Waals surface area contributed by atoms with E-state index in [1.807, 2.05) is 6.07 Å². The minimum Gasteiger partial charge on any atom is -0.373 e. The number of nitrogens with zero attached hydrogens (tertiary/aromatic N) is 2. The molecular formula is C13H25N3O2. The molecular weight excluding hydrogens is 230 g/mol. The van der Waals surface area contributed by atoms with Crippen molar-refractivity contribution in [2.24, 2.45) is 0 Å². The van der Waals surface area contributed by atoms with Gasteiger partial charge in [0, 0.05) is 19.2 Å². The summed E-state index contributed by atoms with van der Waals surface area (Å²) in [5.41, 5.74) is 0.940. The molecule has 0 radical (unpaired) electrons. The van der Waals surface area contributed by atoms with Crippen LogP contribution in [0, 0.1) is 0 Å². The van der Waals surface area contributed by atoms with Crippen LogP contribution in [-0.2, 0) is 17.9 Å². The Morgan fingerprint density at radius 3 is 3.00 bits per heavy atom. The molecule has 0 aromatic carbocycles. The summed E-state index contributed by atoms with van der Waals surface area (Å²) in [5.74, 6) is 0.799.